The summed E-state index contributed by atoms with van der Waals surface area (Å²) in [5.74, 6) is 2.49. The SMILES string of the molecule is C=C(C(C)C(C)CN)C(C)(I)CC(C)C(C)C. The molecule has 0 saturated heterocycles. The van der Waals surface area contributed by atoms with Crippen LogP contribution in [0.15, 0.2) is 12.2 Å². The van der Waals surface area contributed by atoms with E-state index in [-0.39, 0.29) is 3.42 Å². The maximum absolute atomic E-state index is 5.76. The number of allylic oxidation sites excluding steroid dienone is 1. The molecule has 1 nitrogen and oxygen atoms in total. The Labute approximate surface area is 122 Å². The second-order valence-electron chi connectivity index (χ2n) is 6.15. The summed E-state index contributed by atoms with van der Waals surface area (Å²) < 4.78 is 0.185. The van der Waals surface area contributed by atoms with Crippen LogP contribution in [0.2, 0.25) is 0 Å². The van der Waals surface area contributed by atoms with Gasteiger partial charge in [-0.05, 0) is 43.6 Å². The van der Waals surface area contributed by atoms with Crippen molar-refractivity contribution in [2.75, 3.05) is 6.54 Å². The van der Waals surface area contributed by atoms with E-state index in [4.69, 9.17) is 5.73 Å². The highest BCUT2D eigenvalue weighted by atomic mass is 127. The summed E-state index contributed by atoms with van der Waals surface area (Å²) in [5, 5.41) is 0. The van der Waals surface area contributed by atoms with Crippen LogP contribution >= 0.6 is 22.6 Å². The van der Waals surface area contributed by atoms with E-state index in [0.717, 1.165) is 18.4 Å². The number of nitrogens with two attached hydrogens (primary N) is 1. The van der Waals surface area contributed by atoms with Crippen molar-refractivity contribution in [3.63, 3.8) is 0 Å². The molecule has 4 unspecified atom stereocenters. The first-order chi connectivity index (χ1) is 7.63. The molecule has 0 aromatic rings. The lowest BCUT2D eigenvalue weighted by Gasteiger charge is -2.35. The third-order valence-corrected chi connectivity index (χ3v) is 5.42. The van der Waals surface area contributed by atoms with Crippen LogP contribution < -0.4 is 5.73 Å². The van der Waals surface area contributed by atoms with E-state index in [2.05, 4.69) is 70.7 Å². The Morgan fingerprint density at radius 2 is 1.65 bits per heavy atom. The summed E-state index contributed by atoms with van der Waals surface area (Å²) in [4.78, 5) is 0. The molecule has 0 spiro atoms. The molecule has 0 saturated carbocycles. The average Bonchev–Trinajstić information content (AvgIpc) is 2.25. The molecule has 0 heterocycles. The van der Waals surface area contributed by atoms with E-state index >= 15 is 0 Å². The van der Waals surface area contributed by atoms with Gasteiger partial charge >= 0.3 is 0 Å². The topological polar surface area (TPSA) is 26.0 Å². The van der Waals surface area contributed by atoms with Gasteiger partial charge in [-0.1, -0.05) is 69.4 Å². The molecule has 0 bridgehead atoms. The Morgan fingerprint density at radius 1 is 1.18 bits per heavy atom. The third kappa shape index (κ3) is 5.29. The molecule has 17 heavy (non-hydrogen) atoms. The Balaban J connectivity index is 4.64. The molecule has 102 valence electrons. The van der Waals surface area contributed by atoms with E-state index in [0.29, 0.717) is 11.8 Å². The summed E-state index contributed by atoms with van der Waals surface area (Å²) in [7, 11) is 0. The van der Waals surface area contributed by atoms with Crippen molar-refractivity contribution in [2.45, 2.75) is 51.4 Å². The number of alkyl halides is 1. The Morgan fingerprint density at radius 3 is 2.00 bits per heavy atom. The normalized spacial score (nSPS) is 20.8. The van der Waals surface area contributed by atoms with Gasteiger partial charge in [0.15, 0.2) is 0 Å². The fourth-order valence-electron chi connectivity index (χ4n) is 1.99. The standard InChI is InChI=1S/C15H30IN/c1-10(2)11(3)8-15(7,16)14(6)13(5)12(4)9-17/h10-13H,6,8-9,17H2,1-5,7H3. The number of hydrogen-bond donors (Lipinski definition) is 1. The number of halogens is 1. The first kappa shape index (κ1) is 17.4. The smallest absolute Gasteiger partial charge is 0.0404 e. The van der Waals surface area contributed by atoms with Crippen LogP contribution in [0.3, 0.4) is 0 Å². The van der Waals surface area contributed by atoms with E-state index < -0.39 is 0 Å². The van der Waals surface area contributed by atoms with E-state index in [1.807, 2.05) is 0 Å². The predicted octanol–water partition coefficient (Wildman–Crippen LogP) is 4.65. The highest BCUT2D eigenvalue weighted by molar-refractivity contribution is 14.1. The molecule has 0 aliphatic carbocycles. The van der Waals surface area contributed by atoms with Gasteiger partial charge < -0.3 is 5.73 Å². The summed E-state index contributed by atoms with van der Waals surface area (Å²) in [6.07, 6.45) is 1.20. The molecule has 2 heteroatoms. The summed E-state index contributed by atoms with van der Waals surface area (Å²) in [6, 6.07) is 0. The lowest BCUT2D eigenvalue weighted by atomic mass is 9.78. The Kier molecular flexibility index (Phi) is 7.31. The van der Waals surface area contributed by atoms with Crippen LogP contribution in [-0.4, -0.2) is 9.97 Å². The fraction of sp³-hybridized carbons (Fsp3) is 0.867. The second-order valence-corrected chi connectivity index (χ2v) is 8.53. The van der Waals surface area contributed by atoms with Crippen molar-refractivity contribution in [3.8, 4) is 0 Å². The van der Waals surface area contributed by atoms with Gasteiger partial charge in [-0.15, -0.1) is 0 Å². The van der Waals surface area contributed by atoms with Crippen molar-refractivity contribution < 1.29 is 0 Å². The zero-order valence-electron chi connectivity index (χ0n) is 12.4. The minimum atomic E-state index is 0.185. The summed E-state index contributed by atoms with van der Waals surface area (Å²) >= 11 is 2.57. The molecular weight excluding hydrogens is 321 g/mol. The largest absolute Gasteiger partial charge is 0.330 e. The molecule has 0 aliphatic heterocycles. The van der Waals surface area contributed by atoms with Crippen LogP contribution in [0, 0.1) is 23.7 Å². The minimum absolute atomic E-state index is 0.185. The van der Waals surface area contributed by atoms with Gasteiger partial charge in [-0.2, -0.15) is 0 Å². The summed E-state index contributed by atoms with van der Waals surface area (Å²) in [5.41, 5.74) is 7.11. The molecular formula is C15H30IN. The van der Waals surface area contributed by atoms with Crippen molar-refractivity contribution in [2.24, 2.45) is 29.4 Å². The average molecular weight is 351 g/mol. The van der Waals surface area contributed by atoms with E-state index in [9.17, 15) is 0 Å². The van der Waals surface area contributed by atoms with Crippen molar-refractivity contribution >= 4 is 22.6 Å². The number of rotatable bonds is 7. The molecule has 0 aromatic heterocycles. The summed E-state index contributed by atoms with van der Waals surface area (Å²) in [6.45, 7) is 18.8. The molecule has 0 amide bonds. The van der Waals surface area contributed by atoms with Crippen LogP contribution in [0.25, 0.3) is 0 Å². The first-order valence-corrected chi connectivity index (χ1v) is 7.79. The molecule has 2 N–H and O–H groups in total. The molecule has 0 aromatic carbocycles. The quantitative estimate of drug-likeness (QED) is 0.403. The third-order valence-electron chi connectivity index (χ3n) is 4.29. The van der Waals surface area contributed by atoms with Crippen LogP contribution in [0.4, 0.5) is 0 Å². The predicted molar refractivity (Wildman–Crippen MR) is 87.6 cm³/mol. The molecule has 0 fully saturated rings. The maximum Gasteiger partial charge on any atom is 0.0404 e. The lowest BCUT2D eigenvalue weighted by Crippen LogP contribution is -2.31. The Bertz CT molecular complexity index is 245. The molecule has 0 rings (SSSR count). The highest BCUT2D eigenvalue weighted by Gasteiger charge is 2.31. The van der Waals surface area contributed by atoms with Gasteiger partial charge in [-0.3, -0.25) is 0 Å². The van der Waals surface area contributed by atoms with Crippen LogP contribution in [0.1, 0.15) is 48.0 Å². The molecule has 4 atom stereocenters. The van der Waals surface area contributed by atoms with Crippen molar-refractivity contribution in [1.82, 2.24) is 0 Å². The zero-order valence-corrected chi connectivity index (χ0v) is 14.5. The van der Waals surface area contributed by atoms with Crippen LogP contribution in [0.5, 0.6) is 0 Å². The first-order valence-electron chi connectivity index (χ1n) is 6.71. The van der Waals surface area contributed by atoms with Gasteiger partial charge in [0.25, 0.3) is 0 Å². The van der Waals surface area contributed by atoms with Gasteiger partial charge in [0.2, 0.25) is 0 Å². The lowest BCUT2D eigenvalue weighted by molar-refractivity contribution is 0.351. The second kappa shape index (κ2) is 7.13. The maximum atomic E-state index is 5.76. The van der Waals surface area contributed by atoms with Crippen molar-refractivity contribution in [1.29, 1.82) is 0 Å². The van der Waals surface area contributed by atoms with Gasteiger partial charge in [0.05, 0.1) is 0 Å². The van der Waals surface area contributed by atoms with E-state index in [1.54, 1.807) is 0 Å². The fourth-order valence-corrected chi connectivity index (χ4v) is 3.18. The highest BCUT2D eigenvalue weighted by Crippen LogP contribution is 2.40. The number of hydrogen-bond acceptors (Lipinski definition) is 1. The van der Waals surface area contributed by atoms with Crippen molar-refractivity contribution in [3.05, 3.63) is 12.2 Å². The van der Waals surface area contributed by atoms with Gasteiger partial charge in [0.1, 0.15) is 0 Å². The van der Waals surface area contributed by atoms with Gasteiger partial charge in [-0.25, -0.2) is 0 Å². The molecule has 0 radical (unpaired) electrons. The molecule has 0 aliphatic rings. The monoisotopic (exact) mass is 351 g/mol. The van der Waals surface area contributed by atoms with Crippen LogP contribution in [-0.2, 0) is 0 Å². The van der Waals surface area contributed by atoms with E-state index in [1.165, 1.54) is 12.0 Å². The minimum Gasteiger partial charge on any atom is -0.330 e. The Hall–Kier alpha value is 0.430. The zero-order chi connectivity index (χ0) is 13.8. The van der Waals surface area contributed by atoms with Gasteiger partial charge in [0, 0.05) is 3.42 Å².